The number of carbonyl (C=O) groups is 4. The third-order valence-corrected chi connectivity index (χ3v) is 20.3. The molecule has 0 aliphatic rings. The summed E-state index contributed by atoms with van der Waals surface area (Å²) in [6.07, 6.45) is 5.29. The van der Waals surface area contributed by atoms with E-state index in [1.165, 1.54) is 33.8 Å². The fourth-order valence-electron chi connectivity index (χ4n) is 10.2. The minimum absolute atomic E-state index is 0.0170. The van der Waals surface area contributed by atoms with Crippen molar-refractivity contribution in [3.8, 4) is 44.5 Å². The van der Waals surface area contributed by atoms with Gasteiger partial charge in [-0.2, -0.15) is 20.4 Å². The molecular formula is C84H86Cl5FN10O8S. The number of hydrogen-bond donors (Lipinski definition) is 0. The molecule has 0 spiro atoms. The minimum atomic E-state index is -0.893. The van der Waals surface area contributed by atoms with Crippen molar-refractivity contribution in [1.29, 1.82) is 0 Å². The third kappa shape index (κ3) is 23.9. The number of aromatic nitrogens is 10. The van der Waals surface area contributed by atoms with Crippen molar-refractivity contribution in [3.63, 3.8) is 0 Å². The second-order valence-electron chi connectivity index (χ2n) is 27.6. The molecule has 6 aromatic carbocycles. The van der Waals surface area contributed by atoms with Gasteiger partial charge in [-0.15, -0.1) is 11.3 Å². The van der Waals surface area contributed by atoms with Gasteiger partial charge in [-0.05, 0) is 207 Å². The lowest BCUT2D eigenvalue weighted by Crippen LogP contribution is -2.32. The van der Waals surface area contributed by atoms with Gasteiger partial charge in [0, 0.05) is 54.6 Å². The summed E-state index contributed by atoms with van der Waals surface area (Å²) in [6, 6.07) is 56.3. The van der Waals surface area contributed by atoms with Gasteiger partial charge in [0.15, 0.2) is 23.1 Å². The number of thiazole rings is 1. The van der Waals surface area contributed by atoms with Crippen molar-refractivity contribution < 1.29 is 42.5 Å². The summed E-state index contributed by atoms with van der Waals surface area (Å²) in [5.74, 6) is -0.405. The number of rotatable bonds is 28. The summed E-state index contributed by atoms with van der Waals surface area (Å²) in [5, 5.41) is 24.8. The predicted molar refractivity (Wildman–Crippen MR) is 429 cm³/mol. The third-order valence-electron chi connectivity index (χ3n) is 18.0. The Bertz CT molecular complexity index is 4880. The van der Waals surface area contributed by atoms with Crippen LogP contribution in [0.2, 0.25) is 25.1 Å². The molecule has 6 aromatic heterocycles. The minimum Gasteiger partial charge on any atom is -0.361 e. The summed E-state index contributed by atoms with van der Waals surface area (Å²) in [6.45, 7) is 23.0. The summed E-state index contributed by atoms with van der Waals surface area (Å²) < 4.78 is 44.7. The average molecular weight is 1590 g/mol. The molecule has 0 saturated carbocycles. The van der Waals surface area contributed by atoms with Crippen molar-refractivity contribution in [2.24, 2.45) is 0 Å². The maximum atomic E-state index is 14.1. The van der Waals surface area contributed by atoms with Gasteiger partial charge < -0.3 is 18.9 Å². The summed E-state index contributed by atoms with van der Waals surface area (Å²) >= 11 is 32.2. The van der Waals surface area contributed by atoms with E-state index in [0.717, 1.165) is 78.2 Å². The van der Waals surface area contributed by atoms with Crippen LogP contribution in [-0.2, 0) is 90.7 Å². The molecule has 0 amide bonds. The van der Waals surface area contributed by atoms with Gasteiger partial charge in [-0.1, -0.05) is 149 Å². The van der Waals surface area contributed by atoms with Crippen LogP contribution in [0.4, 0.5) is 4.39 Å². The van der Waals surface area contributed by atoms with Crippen molar-refractivity contribution >= 4 is 92.5 Å². The predicted octanol–water partition coefficient (Wildman–Crippen LogP) is 20.2. The van der Waals surface area contributed by atoms with E-state index >= 15 is 0 Å². The number of nitrogens with zero attached hydrogens (tertiary/aromatic N) is 10. The number of ether oxygens (including phenoxy) is 4. The van der Waals surface area contributed by atoms with E-state index in [-0.39, 0.29) is 61.9 Å². The van der Waals surface area contributed by atoms with Crippen LogP contribution in [-0.4, -0.2) is 94.6 Å². The van der Waals surface area contributed by atoms with Gasteiger partial charge in [0.05, 0.1) is 98.2 Å². The molecule has 12 aromatic rings. The SMILES string of the molecule is CC(=O)C(C)(C)OCc1cc(-c2ccc(Cl)cc2)n(Cc2ccccc2Cl)n1.CC(=O)C(C)(C)OCc1cc(-c2ccc(Cl)cc2)n(Cc2ccccc2F)n1.CC(=O)C(C)(C)OCc1cc(-c2ccc(Cl)cc2)n(Cc2ccncc2)n1.CC(=O)C(C)(C)OCc1cc(-c2nccs2)n(Cc2ccccc2Cl)n1. The van der Waals surface area contributed by atoms with Gasteiger partial charge in [0.25, 0.3) is 0 Å². The number of pyridine rings is 1. The molecule has 0 radical (unpaired) electrons. The maximum absolute atomic E-state index is 14.1. The average Bonchev–Trinajstić information content (AvgIpc) is 1.69. The molecule has 109 heavy (non-hydrogen) atoms. The van der Waals surface area contributed by atoms with Crippen LogP contribution in [0.1, 0.15) is 128 Å². The van der Waals surface area contributed by atoms with Crippen LogP contribution in [0.25, 0.3) is 44.5 Å². The summed E-state index contributed by atoms with van der Waals surface area (Å²) in [5.41, 5.74) is 9.59. The molecule has 0 fully saturated rings. The van der Waals surface area contributed by atoms with Gasteiger partial charge in [0.1, 0.15) is 33.2 Å². The molecule has 25 heteroatoms. The van der Waals surface area contributed by atoms with E-state index in [2.05, 4.69) is 20.2 Å². The zero-order valence-electron chi connectivity index (χ0n) is 62.7. The Balaban J connectivity index is 0.000000168. The number of hydrogen-bond acceptors (Lipinski definition) is 15. The smallest absolute Gasteiger partial charge is 0.161 e. The van der Waals surface area contributed by atoms with Crippen LogP contribution >= 0.6 is 69.3 Å². The van der Waals surface area contributed by atoms with Crippen LogP contribution < -0.4 is 0 Å². The number of Topliss-reactive ketones (excluding diaryl/α,β-unsaturated/α-hetero) is 4. The molecule has 0 saturated heterocycles. The highest BCUT2D eigenvalue weighted by Gasteiger charge is 2.29. The second kappa shape index (κ2) is 38.0. The van der Waals surface area contributed by atoms with E-state index < -0.39 is 22.4 Å². The van der Waals surface area contributed by atoms with Gasteiger partial charge in [-0.25, -0.2) is 9.37 Å². The highest BCUT2D eigenvalue weighted by Crippen LogP contribution is 2.32. The van der Waals surface area contributed by atoms with E-state index in [0.29, 0.717) is 56.0 Å². The number of benzene rings is 6. The monoisotopic (exact) mass is 1590 g/mol. The molecule has 18 nitrogen and oxygen atoms in total. The van der Waals surface area contributed by atoms with E-state index in [1.807, 2.05) is 165 Å². The zero-order valence-corrected chi connectivity index (χ0v) is 67.3. The summed E-state index contributed by atoms with van der Waals surface area (Å²) in [7, 11) is 0. The first-order valence-corrected chi connectivity index (χ1v) is 37.6. The van der Waals surface area contributed by atoms with Crippen molar-refractivity contribution in [2.45, 2.75) is 158 Å². The Kier molecular flexibility index (Phi) is 29.2. The Labute approximate surface area is 664 Å². The van der Waals surface area contributed by atoms with Crippen LogP contribution in [0.15, 0.2) is 206 Å². The first-order chi connectivity index (χ1) is 51.7. The standard InChI is InChI=1S/C22H22Cl2N2O2.C22H22ClFN2O2.C21H22ClN3O2.C19H20ClN3O2S/c2*1-15(27)22(2,3)28-14-19-12-21(16-8-10-18(23)11-9-16)26(25-19)13-17-6-4-5-7-20(17)24;1-15(26)21(2,3)27-14-19-12-20(17-4-6-18(22)7-5-17)25(24-19)13-16-8-10-23-11-9-16;1-13(24)19(2,3)25-12-15-10-17(18-21-8-9-26-18)23(22-15)11-14-6-4-5-7-16(14)20/h2*4-12H,13-14H2,1-3H3;4-12H,13-14H2,1-3H3;4-10H,11-12H2,1-3H3. The lowest BCUT2D eigenvalue weighted by Gasteiger charge is -2.21. The molecule has 0 aliphatic carbocycles. The molecule has 6 heterocycles. The quantitative estimate of drug-likeness (QED) is 0.0448. The van der Waals surface area contributed by atoms with E-state index in [1.54, 1.807) is 120 Å². The Morgan fingerprint density at radius 2 is 0.688 bits per heavy atom. The van der Waals surface area contributed by atoms with Crippen molar-refractivity contribution in [2.75, 3.05) is 0 Å². The first kappa shape index (κ1) is 83.9. The summed E-state index contributed by atoms with van der Waals surface area (Å²) in [4.78, 5) is 55.2. The number of ketones is 4. The van der Waals surface area contributed by atoms with Crippen molar-refractivity contribution in [1.82, 2.24) is 49.1 Å². The molecule has 0 unspecified atom stereocenters. The first-order valence-electron chi connectivity index (χ1n) is 34.9. The molecule has 568 valence electrons. The normalized spacial score (nSPS) is 11.6. The van der Waals surface area contributed by atoms with Gasteiger partial charge in [0.2, 0.25) is 0 Å². The largest absolute Gasteiger partial charge is 0.361 e. The maximum Gasteiger partial charge on any atom is 0.161 e. The molecule has 0 N–H and O–H groups in total. The van der Waals surface area contributed by atoms with E-state index in [9.17, 15) is 23.6 Å². The Morgan fingerprint density at radius 3 is 1.01 bits per heavy atom. The van der Waals surface area contributed by atoms with Crippen LogP contribution in [0.3, 0.4) is 0 Å². The van der Waals surface area contributed by atoms with Crippen LogP contribution in [0, 0.1) is 5.82 Å². The lowest BCUT2D eigenvalue weighted by atomic mass is 10.1. The van der Waals surface area contributed by atoms with Gasteiger partial charge >= 0.3 is 0 Å². The molecule has 0 aliphatic heterocycles. The highest BCUT2D eigenvalue weighted by molar-refractivity contribution is 7.13. The lowest BCUT2D eigenvalue weighted by molar-refractivity contribution is -0.140. The molecule has 0 bridgehead atoms. The van der Waals surface area contributed by atoms with Crippen molar-refractivity contribution in [3.05, 3.63) is 282 Å². The van der Waals surface area contributed by atoms with Gasteiger partial charge in [-0.3, -0.25) is 42.9 Å². The molecule has 12 rings (SSSR count). The zero-order chi connectivity index (χ0) is 78.8. The molecule has 0 atom stereocenters. The molecular weight excluding hydrogens is 1510 g/mol. The Morgan fingerprint density at radius 1 is 0.385 bits per heavy atom. The Hall–Kier alpha value is -9.16. The second-order valence-corrected chi connectivity index (χ2v) is 30.6. The van der Waals surface area contributed by atoms with Crippen LogP contribution in [0.5, 0.6) is 0 Å². The fraction of sp³-hybridized carbons (Fsp3) is 0.286. The highest BCUT2D eigenvalue weighted by atomic mass is 35.5. The fourth-order valence-corrected chi connectivity index (χ4v) is 11.6. The van der Waals surface area contributed by atoms with E-state index in [4.69, 9.17) is 87.1 Å². The number of carbonyl (C=O) groups excluding carboxylic acids is 4. The topological polar surface area (TPSA) is 202 Å². The number of halogens is 6.